The smallest absolute Gasteiger partial charge is 0.251 e. The van der Waals surface area contributed by atoms with Gasteiger partial charge in [0.2, 0.25) is 0 Å². The van der Waals surface area contributed by atoms with Gasteiger partial charge in [0.1, 0.15) is 0 Å². The van der Waals surface area contributed by atoms with E-state index in [1.807, 2.05) is 31.2 Å². The van der Waals surface area contributed by atoms with Crippen molar-refractivity contribution in [2.24, 2.45) is 5.73 Å². The molecule has 0 heterocycles. The van der Waals surface area contributed by atoms with Crippen molar-refractivity contribution < 1.29 is 13.9 Å². The summed E-state index contributed by atoms with van der Waals surface area (Å²) >= 11 is 0. The molecule has 0 aliphatic rings. The van der Waals surface area contributed by atoms with Crippen LogP contribution in [0.25, 0.3) is 0 Å². The Morgan fingerprint density at radius 1 is 1.21 bits per heavy atom. The minimum atomic E-state index is -2.39. The van der Waals surface area contributed by atoms with Gasteiger partial charge in [-0.05, 0) is 18.9 Å². The molecular formula is C14H22F2N2O. The summed E-state index contributed by atoms with van der Waals surface area (Å²) in [6.07, 6.45) is -1.79. The zero-order valence-electron chi connectivity index (χ0n) is 11.2. The highest BCUT2D eigenvalue weighted by atomic mass is 19.3. The number of aliphatic hydroxyl groups is 1. The van der Waals surface area contributed by atoms with Crippen LogP contribution in [0, 0.1) is 6.92 Å². The maximum Gasteiger partial charge on any atom is 0.251 e. The lowest BCUT2D eigenvalue weighted by molar-refractivity contribution is 0.0768. The highest BCUT2D eigenvalue weighted by Gasteiger charge is 2.13. The van der Waals surface area contributed by atoms with Crippen LogP contribution in [-0.2, 0) is 0 Å². The second-order valence-corrected chi connectivity index (χ2v) is 4.72. The van der Waals surface area contributed by atoms with Crippen LogP contribution in [0.2, 0.25) is 0 Å². The van der Waals surface area contributed by atoms with Crippen molar-refractivity contribution in [2.75, 3.05) is 26.2 Å². The number of benzene rings is 1. The summed E-state index contributed by atoms with van der Waals surface area (Å²) in [6, 6.07) is 7.73. The first-order chi connectivity index (χ1) is 9.02. The number of hydrogen-bond acceptors (Lipinski definition) is 3. The Labute approximate surface area is 113 Å². The van der Waals surface area contributed by atoms with Crippen LogP contribution >= 0.6 is 0 Å². The molecule has 0 aromatic heterocycles. The van der Waals surface area contributed by atoms with Gasteiger partial charge < -0.3 is 10.8 Å². The van der Waals surface area contributed by atoms with Crippen molar-refractivity contribution in [2.45, 2.75) is 25.8 Å². The van der Waals surface area contributed by atoms with Gasteiger partial charge in [-0.1, -0.05) is 29.8 Å². The van der Waals surface area contributed by atoms with Gasteiger partial charge in [-0.2, -0.15) is 0 Å². The zero-order chi connectivity index (χ0) is 14.3. The molecule has 0 amide bonds. The molecule has 1 atom stereocenters. The molecule has 1 rings (SSSR count). The Bertz CT molecular complexity index is 357. The van der Waals surface area contributed by atoms with E-state index in [1.165, 1.54) is 0 Å². The van der Waals surface area contributed by atoms with E-state index >= 15 is 0 Å². The third kappa shape index (κ3) is 6.09. The van der Waals surface area contributed by atoms with Crippen LogP contribution < -0.4 is 5.73 Å². The largest absolute Gasteiger partial charge is 0.395 e. The zero-order valence-corrected chi connectivity index (χ0v) is 11.2. The molecule has 0 aliphatic heterocycles. The van der Waals surface area contributed by atoms with Crippen LogP contribution in [0.3, 0.4) is 0 Å². The van der Waals surface area contributed by atoms with E-state index in [2.05, 4.69) is 0 Å². The average molecular weight is 272 g/mol. The monoisotopic (exact) mass is 272 g/mol. The lowest BCUT2D eigenvalue weighted by atomic mass is 10.0. The van der Waals surface area contributed by atoms with Crippen molar-refractivity contribution in [3.05, 3.63) is 35.4 Å². The molecule has 0 bridgehead atoms. The number of alkyl halides is 2. The van der Waals surface area contributed by atoms with Gasteiger partial charge in [0.05, 0.1) is 13.2 Å². The van der Waals surface area contributed by atoms with Crippen molar-refractivity contribution in [3.63, 3.8) is 0 Å². The lowest BCUT2D eigenvalue weighted by Gasteiger charge is -2.22. The van der Waals surface area contributed by atoms with E-state index in [0.29, 0.717) is 13.0 Å². The Hall–Kier alpha value is -1.04. The molecule has 0 spiro atoms. The molecule has 0 fully saturated rings. The molecule has 3 N–H and O–H groups in total. The molecule has 5 heteroatoms. The van der Waals surface area contributed by atoms with E-state index in [4.69, 9.17) is 10.8 Å². The molecule has 1 aromatic carbocycles. The molecule has 1 aromatic rings. The number of aryl methyl sites for hydroxylation is 1. The first-order valence-electron chi connectivity index (χ1n) is 6.46. The van der Waals surface area contributed by atoms with E-state index < -0.39 is 6.43 Å². The summed E-state index contributed by atoms with van der Waals surface area (Å²) in [7, 11) is 0. The minimum absolute atomic E-state index is 0.119. The normalized spacial score (nSPS) is 13.2. The van der Waals surface area contributed by atoms with Crippen LogP contribution in [0.15, 0.2) is 24.3 Å². The molecule has 1 unspecified atom stereocenters. The Morgan fingerprint density at radius 2 is 1.84 bits per heavy atom. The topological polar surface area (TPSA) is 49.5 Å². The van der Waals surface area contributed by atoms with Crippen molar-refractivity contribution in [3.8, 4) is 0 Å². The molecule has 3 nitrogen and oxygen atoms in total. The van der Waals surface area contributed by atoms with Crippen molar-refractivity contribution in [1.82, 2.24) is 4.90 Å². The van der Waals surface area contributed by atoms with Crippen LogP contribution in [-0.4, -0.2) is 42.7 Å². The molecule has 19 heavy (non-hydrogen) atoms. The van der Waals surface area contributed by atoms with E-state index in [0.717, 1.165) is 11.1 Å². The van der Waals surface area contributed by atoms with Crippen LogP contribution in [0.5, 0.6) is 0 Å². The molecule has 108 valence electrons. The van der Waals surface area contributed by atoms with Crippen molar-refractivity contribution in [1.29, 1.82) is 0 Å². The summed E-state index contributed by atoms with van der Waals surface area (Å²) in [5, 5.41) is 8.84. The summed E-state index contributed by atoms with van der Waals surface area (Å²) in [4.78, 5) is 1.54. The van der Waals surface area contributed by atoms with Gasteiger partial charge in [-0.25, -0.2) is 8.78 Å². The van der Waals surface area contributed by atoms with Gasteiger partial charge in [0.25, 0.3) is 6.43 Å². The first kappa shape index (κ1) is 16.0. The Morgan fingerprint density at radius 3 is 2.37 bits per heavy atom. The lowest BCUT2D eigenvalue weighted by Crippen LogP contribution is -2.34. The average Bonchev–Trinajstić information content (AvgIpc) is 2.36. The molecule has 0 radical (unpaired) electrons. The Balaban J connectivity index is 2.46. The van der Waals surface area contributed by atoms with Crippen LogP contribution in [0.1, 0.15) is 23.6 Å². The summed E-state index contributed by atoms with van der Waals surface area (Å²) < 4.78 is 24.7. The van der Waals surface area contributed by atoms with Gasteiger partial charge in [-0.15, -0.1) is 0 Å². The van der Waals surface area contributed by atoms with Crippen molar-refractivity contribution >= 4 is 0 Å². The fraction of sp³-hybridized carbons (Fsp3) is 0.571. The van der Waals surface area contributed by atoms with Gasteiger partial charge in [-0.3, -0.25) is 4.90 Å². The number of halogens is 2. The first-order valence-corrected chi connectivity index (χ1v) is 6.46. The third-order valence-electron chi connectivity index (χ3n) is 3.07. The number of rotatable bonds is 8. The van der Waals surface area contributed by atoms with E-state index in [9.17, 15) is 8.78 Å². The third-order valence-corrected chi connectivity index (χ3v) is 3.07. The summed E-state index contributed by atoms with van der Waals surface area (Å²) in [5.41, 5.74) is 8.21. The van der Waals surface area contributed by atoms with Gasteiger partial charge in [0.15, 0.2) is 0 Å². The number of aliphatic hydroxyl groups excluding tert-OH is 1. The van der Waals surface area contributed by atoms with E-state index in [-0.39, 0.29) is 25.7 Å². The maximum absolute atomic E-state index is 12.3. The quantitative estimate of drug-likeness (QED) is 0.760. The maximum atomic E-state index is 12.3. The SMILES string of the molecule is Cc1ccc(C(N)CCN(CCO)CC(F)F)cc1. The summed E-state index contributed by atoms with van der Waals surface area (Å²) in [6.45, 7) is 2.28. The number of nitrogens with zero attached hydrogens (tertiary/aromatic N) is 1. The highest BCUT2D eigenvalue weighted by molar-refractivity contribution is 5.23. The predicted octanol–water partition coefficient (Wildman–Crippen LogP) is 1.94. The highest BCUT2D eigenvalue weighted by Crippen LogP contribution is 2.15. The standard InChI is InChI=1S/C14H22F2N2O/c1-11-2-4-12(5-3-11)13(17)6-7-18(8-9-19)10-14(15)16/h2-5,13-14,19H,6-10,17H2,1H3. The fourth-order valence-electron chi connectivity index (χ4n) is 1.93. The van der Waals surface area contributed by atoms with Crippen LogP contribution in [0.4, 0.5) is 8.78 Å². The molecular weight excluding hydrogens is 250 g/mol. The predicted molar refractivity (Wildman–Crippen MR) is 72.3 cm³/mol. The van der Waals surface area contributed by atoms with Gasteiger partial charge in [0, 0.05) is 19.1 Å². The fourth-order valence-corrected chi connectivity index (χ4v) is 1.93. The number of nitrogens with two attached hydrogens (primary N) is 1. The minimum Gasteiger partial charge on any atom is -0.395 e. The second kappa shape index (κ2) is 8.19. The molecule has 0 saturated heterocycles. The second-order valence-electron chi connectivity index (χ2n) is 4.72. The van der Waals surface area contributed by atoms with E-state index in [1.54, 1.807) is 4.90 Å². The Kier molecular flexibility index (Phi) is 6.91. The molecule has 0 saturated carbocycles. The van der Waals surface area contributed by atoms with Gasteiger partial charge >= 0.3 is 0 Å². The molecule has 0 aliphatic carbocycles. The number of hydrogen-bond donors (Lipinski definition) is 2. The summed E-state index contributed by atoms with van der Waals surface area (Å²) in [5.74, 6) is 0.